The van der Waals surface area contributed by atoms with E-state index in [4.69, 9.17) is 4.74 Å². The SMILES string of the molecule is [O]CC(Oc1ccccc1)c1ccccc1. The molecular weight excluding hydrogens is 200 g/mol. The summed E-state index contributed by atoms with van der Waals surface area (Å²) in [5, 5.41) is 11.1. The number of rotatable bonds is 4. The van der Waals surface area contributed by atoms with E-state index < -0.39 is 6.10 Å². The second-order valence-electron chi connectivity index (χ2n) is 3.50. The molecule has 0 spiro atoms. The van der Waals surface area contributed by atoms with Crippen LogP contribution in [0, 0.1) is 0 Å². The first-order valence-corrected chi connectivity index (χ1v) is 5.25. The zero-order valence-corrected chi connectivity index (χ0v) is 8.87. The summed E-state index contributed by atoms with van der Waals surface area (Å²) in [6.45, 7) is -0.279. The maximum atomic E-state index is 11.1. The molecule has 0 amide bonds. The summed E-state index contributed by atoms with van der Waals surface area (Å²) in [7, 11) is 0. The van der Waals surface area contributed by atoms with Crippen molar-refractivity contribution in [2.45, 2.75) is 6.10 Å². The van der Waals surface area contributed by atoms with Gasteiger partial charge in [-0.2, -0.15) is 0 Å². The van der Waals surface area contributed by atoms with Gasteiger partial charge in [0.2, 0.25) is 0 Å². The Balaban J connectivity index is 2.13. The third-order valence-corrected chi connectivity index (χ3v) is 2.34. The van der Waals surface area contributed by atoms with Crippen molar-refractivity contribution >= 4 is 0 Å². The van der Waals surface area contributed by atoms with Crippen LogP contribution in [0.2, 0.25) is 0 Å². The fourth-order valence-corrected chi connectivity index (χ4v) is 1.53. The molecule has 2 rings (SSSR count). The number of hydrogen-bond acceptors (Lipinski definition) is 1. The summed E-state index contributed by atoms with van der Waals surface area (Å²) in [4.78, 5) is 0. The lowest BCUT2D eigenvalue weighted by molar-refractivity contribution is 0.0716. The van der Waals surface area contributed by atoms with Crippen LogP contribution in [0.1, 0.15) is 11.7 Å². The molecule has 0 fully saturated rings. The lowest BCUT2D eigenvalue weighted by atomic mass is 10.1. The molecule has 16 heavy (non-hydrogen) atoms. The average Bonchev–Trinajstić information content (AvgIpc) is 2.38. The molecule has 0 aliphatic carbocycles. The van der Waals surface area contributed by atoms with E-state index in [9.17, 15) is 5.11 Å². The maximum absolute atomic E-state index is 11.1. The zero-order valence-electron chi connectivity index (χ0n) is 8.87. The fraction of sp³-hybridized carbons (Fsp3) is 0.143. The molecule has 1 unspecified atom stereocenters. The first kappa shape index (κ1) is 10.7. The minimum absolute atomic E-state index is 0.279. The molecule has 0 heterocycles. The van der Waals surface area contributed by atoms with Gasteiger partial charge in [0.1, 0.15) is 12.4 Å². The lowest BCUT2D eigenvalue weighted by Crippen LogP contribution is -2.10. The van der Waals surface area contributed by atoms with Crippen LogP contribution in [0.25, 0.3) is 0 Å². The average molecular weight is 213 g/mol. The van der Waals surface area contributed by atoms with Crippen molar-refractivity contribution in [1.29, 1.82) is 0 Å². The van der Waals surface area contributed by atoms with Gasteiger partial charge in [-0.15, -0.1) is 0 Å². The van der Waals surface area contributed by atoms with Crippen LogP contribution in [0.15, 0.2) is 60.7 Å². The molecule has 2 aromatic rings. The molecule has 0 bridgehead atoms. The van der Waals surface area contributed by atoms with Gasteiger partial charge in [0, 0.05) is 0 Å². The van der Waals surface area contributed by atoms with Gasteiger partial charge in [-0.1, -0.05) is 48.5 Å². The van der Waals surface area contributed by atoms with Crippen LogP contribution in [0.3, 0.4) is 0 Å². The molecule has 0 saturated heterocycles. The predicted molar refractivity (Wildman–Crippen MR) is 61.8 cm³/mol. The van der Waals surface area contributed by atoms with Crippen LogP contribution in [0.4, 0.5) is 0 Å². The highest BCUT2D eigenvalue weighted by atomic mass is 16.5. The number of para-hydroxylation sites is 1. The molecule has 2 heteroatoms. The summed E-state index contributed by atoms with van der Waals surface area (Å²) in [5.41, 5.74) is 0.918. The highest BCUT2D eigenvalue weighted by Crippen LogP contribution is 2.20. The predicted octanol–water partition coefficient (Wildman–Crippen LogP) is 3.24. The quantitative estimate of drug-likeness (QED) is 0.766. The Labute approximate surface area is 95.1 Å². The Hall–Kier alpha value is -1.80. The summed E-state index contributed by atoms with van der Waals surface area (Å²) in [5.74, 6) is 0.729. The standard InChI is InChI=1S/C14H13O2/c15-11-14(12-7-3-1-4-8-12)16-13-9-5-2-6-10-13/h1-10,14H,11H2. The lowest BCUT2D eigenvalue weighted by Gasteiger charge is -2.16. The summed E-state index contributed by atoms with van der Waals surface area (Å²) >= 11 is 0. The second kappa shape index (κ2) is 5.33. The summed E-state index contributed by atoms with van der Waals surface area (Å²) < 4.78 is 5.64. The third-order valence-electron chi connectivity index (χ3n) is 2.34. The van der Waals surface area contributed by atoms with Gasteiger partial charge in [0.05, 0.1) is 0 Å². The Morgan fingerprint density at radius 3 is 2.00 bits per heavy atom. The third kappa shape index (κ3) is 2.61. The van der Waals surface area contributed by atoms with Crippen molar-refractivity contribution in [3.63, 3.8) is 0 Å². The number of benzene rings is 2. The molecule has 2 nitrogen and oxygen atoms in total. The number of ether oxygens (including phenoxy) is 1. The van der Waals surface area contributed by atoms with E-state index in [2.05, 4.69) is 0 Å². The monoisotopic (exact) mass is 213 g/mol. The topological polar surface area (TPSA) is 29.1 Å². The van der Waals surface area contributed by atoms with Gasteiger partial charge in [-0.05, 0) is 17.7 Å². The Morgan fingerprint density at radius 1 is 0.875 bits per heavy atom. The molecule has 0 aromatic heterocycles. The van der Waals surface area contributed by atoms with E-state index >= 15 is 0 Å². The van der Waals surface area contributed by atoms with Gasteiger partial charge in [0.15, 0.2) is 6.10 Å². The first-order chi connectivity index (χ1) is 7.90. The van der Waals surface area contributed by atoms with Crippen LogP contribution in [-0.4, -0.2) is 6.61 Å². The van der Waals surface area contributed by atoms with E-state index in [1.165, 1.54) is 0 Å². The molecule has 0 aliphatic rings. The van der Waals surface area contributed by atoms with Gasteiger partial charge >= 0.3 is 0 Å². The van der Waals surface area contributed by atoms with Gasteiger partial charge in [0.25, 0.3) is 0 Å². The number of hydrogen-bond donors (Lipinski definition) is 0. The molecule has 0 aliphatic heterocycles. The Bertz CT molecular complexity index is 411. The van der Waals surface area contributed by atoms with E-state index in [1.54, 1.807) is 0 Å². The highest BCUT2D eigenvalue weighted by Gasteiger charge is 2.11. The van der Waals surface area contributed by atoms with Crippen molar-refractivity contribution in [2.24, 2.45) is 0 Å². The van der Waals surface area contributed by atoms with Crippen LogP contribution < -0.4 is 4.74 Å². The van der Waals surface area contributed by atoms with Crippen molar-refractivity contribution < 1.29 is 9.84 Å². The van der Waals surface area contributed by atoms with E-state index in [1.807, 2.05) is 60.7 Å². The van der Waals surface area contributed by atoms with E-state index in [0.717, 1.165) is 11.3 Å². The smallest absolute Gasteiger partial charge is 0.150 e. The maximum Gasteiger partial charge on any atom is 0.150 e. The normalized spacial score (nSPS) is 12.1. The van der Waals surface area contributed by atoms with E-state index in [0.29, 0.717) is 0 Å². The van der Waals surface area contributed by atoms with Crippen molar-refractivity contribution in [2.75, 3.05) is 6.61 Å². The largest absolute Gasteiger partial charge is 0.483 e. The molecule has 81 valence electrons. The minimum Gasteiger partial charge on any atom is -0.483 e. The highest BCUT2D eigenvalue weighted by molar-refractivity contribution is 5.24. The van der Waals surface area contributed by atoms with Crippen molar-refractivity contribution in [3.8, 4) is 5.75 Å². The van der Waals surface area contributed by atoms with E-state index in [-0.39, 0.29) is 6.61 Å². The molecular formula is C14H13O2. The van der Waals surface area contributed by atoms with Gasteiger partial charge in [-0.25, -0.2) is 5.11 Å². The van der Waals surface area contributed by atoms with Gasteiger partial charge in [-0.3, -0.25) is 0 Å². The summed E-state index contributed by atoms with van der Waals surface area (Å²) in [6, 6.07) is 19.0. The Morgan fingerprint density at radius 2 is 1.44 bits per heavy atom. The molecule has 1 radical (unpaired) electrons. The fourth-order valence-electron chi connectivity index (χ4n) is 1.53. The molecule has 0 N–H and O–H groups in total. The molecule has 0 saturated carbocycles. The summed E-state index contributed by atoms with van der Waals surface area (Å²) in [6.07, 6.45) is -0.413. The minimum atomic E-state index is -0.413. The van der Waals surface area contributed by atoms with Gasteiger partial charge < -0.3 is 4.74 Å². The van der Waals surface area contributed by atoms with Crippen LogP contribution >= 0.6 is 0 Å². The first-order valence-electron chi connectivity index (χ1n) is 5.25. The second-order valence-corrected chi connectivity index (χ2v) is 3.50. The molecule has 1 atom stereocenters. The Kier molecular flexibility index (Phi) is 3.57. The van der Waals surface area contributed by atoms with Crippen molar-refractivity contribution in [3.05, 3.63) is 66.2 Å². The van der Waals surface area contributed by atoms with Crippen LogP contribution in [-0.2, 0) is 5.11 Å². The van der Waals surface area contributed by atoms with Crippen LogP contribution in [0.5, 0.6) is 5.75 Å². The van der Waals surface area contributed by atoms with Crippen molar-refractivity contribution in [1.82, 2.24) is 0 Å². The zero-order chi connectivity index (χ0) is 11.2. The molecule has 2 aromatic carbocycles.